The van der Waals surface area contributed by atoms with Crippen LogP contribution in [0.15, 0.2) is 158 Å². The highest BCUT2D eigenvalue weighted by Crippen LogP contribution is 2.48. The number of hydrogen-bond acceptors (Lipinski definition) is 4. The van der Waals surface area contributed by atoms with E-state index >= 15 is 0 Å². The molecule has 0 saturated carbocycles. The molecule has 4 heterocycles. The summed E-state index contributed by atoms with van der Waals surface area (Å²) in [4.78, 5) is 12.2. The summed E-state index contributed by atoms with van der Waals surface area (Å²) in [7, 11) is 0. The van der Waals surface area contributed by atoms with E-state index in [0.717, 1.165) is 72.3 Å². The molecule has 73 heavy (non-hydrogen) atoms. The highest BCUT2D eigenvalue weighted by molar-refractivity contribution is 7.22. The Morgan fingerprint density at radius 1 is 0.479 bits per heavy atom. The lowest BCUT2D eigenvalue weighted by Gasteiger charge is -2.28. The molecule has 11 aromatic rings. The highest BCUT2D eigenvalue weighted by atomic mass is 32.1. The summed E-state index contributed by atoms with van der Waals surface area (Å²) in [6, 6.07) is 55.3. The lowest BCUT2D eigenvalue weighted by molar-refractivity contribution is 0.446. The summed E-state index contributed by atoms with van der Waals surface area (Å²) in [5, 5.41) is 16.3. The summed E-state index contributed by atoms with van der Waals surface area (Å²) in [5.74, 6) is 0.953. The van der Waals surface area contributed by atoms with E-state index in [1.165, 1.54) is 42.6 Å². The van der Waals surface area contributed by atoms with Crippen LogP contribution in [0.2, 0.25) is 0 Å². The second kappa shape index (κ2) is 17.2. The van der Waals surface area contributed by atoms with E-state index in [0.29, 0.717) is 11.4 Å². The predicted octanol–water partition coefficient (Wildman–Crippen LogP) is 18.6. The standard InChI is InChI=1S/C67H66N4OS/c1-40-50-38-52-49-27-21-31-68-62(49)70(57(52)39-58(50)73-61(40)42-24-18-15-19-25-42)47-33-43(32-45(34-47)65(5,6)7)48-26-20-28-56-59(48)69-63(53-36-46(66(8,9)10)37-54(60(53)72)67(11,12)13)71(56)55-30-29-44(64(2,3)4)35-51(55)41-22-16-14-17-23-41/h14-39,72H,1-13H3. The van der Waals surface area contributed by atoms with Crippen LogP contribution < -0.4 is 0 Å². The Kier molecular flexibility index (Phi) is 11.3. The zero-order valence-electron chi connectivity index (χ0n) is 44.7. The molecule has 0 spiro atoms. The summed E-state index contributed by atoms with van der Waals surface area (Å²) in [5.41, 5.74) is 17.1. The first-order valence-electron chi connectivity index (χ1n) is 25.7. The van der Waals surface area contributed by atoms with Crippen LogP contribution >= 0.6 is 11.3 Å². The number of aromatic hydroxyl groups is 1. The molecule has 0 amide bonds. The Balaban J connectivity index is 1.22. The number of fused-ring (bicyclic) bond motifs is 5. The smallest absolute Gasteiger partial charge is 0.149 e. The van der Waals surface area contributed by atoms with Crippen LogP contribution in [-0.4, -0.2) is 24.2 Å². The predicted molar refractivity (Wildman–Crippen MR) is 312 cm³/mol. The zero-order chi connectivity index (χ0) is 51.5. The highest BCUT2D eigenvalue weighted by Gasteiger charge is 2.30. The van der Waals surface area contributed by atoms with Crippen LogP contribution in [0.5, 0.6) is 5.75 Å². The summed E-state index contributed by atoms with van der Waals surface area (Å²) >= 11 is 1.86. The number of para-hydroxylation sites is 1. The molecular weight excluding hydrogens is 909 g/mol. The van der Waals surface area contributed by atoms with Gasteiger partial charge in [0.25, 0.3) is 0 Å². The van der Waals surface area contributed by atoms with Gasteiger partial charge in [0.15, 0.2) is 0 Å². The fourth-order valence-electron chi connectivity index (χ4n) is 10.6. The number of nitrogens with zero attached hydrogens (tertiary/aromatic N) is 4. The van der Waals surface area contributed by atoms with Crippen molar-refractivity contribution in [2.45, 2.75) is 112 Å². The minimum atomic E-state index is -0.338. The number of rotatable bonds is 6. The number of phenols is 1. The molecule has 6 heteroatoms. The molecule has 7 aromatic carbocycles. The Labute approximate surface area is 434 Å². The van der Waals surface area contributed by atoms with Gasteiger partial charge in [0.05, 0.1) is 27.8 Å². The minimum Gasteiger partial charge on any atom is -0.507 e. The molecule has 5 nitrogen and oxygen atoms in total. The Morgan fingerprint density at radius 3 is 1.81 bits per heavy atom. The van der Waals surface area contributed by atoms with E-state index in [1.807, 2.05) is 17.5 Å². The SMILES string of the molecule is Cc1c(-c2ccccc2)sc2cc3c(cc12)c1cccnc1n3-c1cc(-c2cccc3c2nc(-c2cc(C(C)(C)C)cc(C(C)(C)C)c2O)n3-c2ccc(C(C)(C)C)cc2-c2ccccc2)cc(C(C)(C)C)c1. The largest absolute Gasteiger partial charge is 0.507 e. The molecule has 1 N–H and O–H groups in total. The van der Waals surface area contributed by atoms with E-state index in [-0.39, 0.29) is 27.4 Å². The fraction of sp³-hybridized carbons (Fsp3) is 0.254. The lowest BCUT2D eigenvalue weighted by Crippen LogP contribution is -2.17. The maximum absolute atomic E-state index is 12.7. The Morgan fingerprint density at radius 2 is 1.14 bits per heavy atom. The summed E-state index contributed by atoms with van der Waals surface area (Å²) in [6.45, 7) is 29.2. The fourth-order valence-corrected chi connectivity index (χ4v) is 11.9. The molecule has 0 atom stereocenters. The minimum absolute atomic E-state index is 0.0858. The molecule has 0 saturated heterocycles. The van der Waals surface area contributed by atoms with Crippen LogP contribution in [0.4, 0.5) is 0 Å². The normalized spacial score (nSPS) is 12.8. The van der Waals surface area contributed by atoms with Gasteiger partial charge in [-0.2, -0.15) is 0 Å². The van der Waals surface area contributed by atoms with Gasteiger partial charge in [-0.15, -0.1) is 11.3 Å². The van der Waals surface area contributed by atoms with E-state index < -0.39 is 0 Å². The molecule has 0 aliphatic carbocycles. The number of aryl methyl sites for hydroxylation is 1. The molecule has 4 aromatic heterocycles. The first-order valence-corrected chi connectivity index (χ1v) is 26.5. The van der Waals surface area contributed by atoms with E-state index in [2.05, 4.69) is 251 Å². The number of imidazole rings is 1. The van der Waals surface area contributed by atoms with Crippen molar-refractivity contribution in [3.63, 3.8) is 0 Å². The molecule has 0 fully saturated rings. The molecule has 0 unspecified atom stereocenters. The molecule has 0 radical (unpaired) electrons. The van der Waals surface area contributed by atoms with Gasteiger partial charge in [-0.05, 0) is 134 Å². The van der Waals surface area contributed by atoms with Crippen molar-refractivity contribution < 1.29 is 5.11 Å². The van der Waals surface area contributed by atoms with Gasteiger partial charge < -0.3 is 5.11 Å². The summed E-state index contributed by atoms with van der Waals surface area (Å²) < 4.78 is 5.93. The van der Waals surface area contributed by atoms with Crippen LogP contribution in [0.25, 0.3) is 98.5 Å². The van der Waals surface area contributed by atoms with Crippen LogP contribution in [0.3, 0.4) is 0 Å². The topological polar surface area (TPSA) is 55.9 Å². The van der Waals surface area contributed by atoms with Crippen LogP contribution in [-0.2, 0) is 21.7 Å². The third-order valence-corrected chi connectivity index (χ3v) is 16.2. The maximum Gasteiger partial charge on any atom is 0.149 e. The van der Waals surface area contributed by atoms with Crippen molar-refractivity contribution in [3.8, 4) is 61.2 Å². The third kappa shape index (κ3) is 8.34. The molecular formula is C67H66N4OS. The second-order valence-corrected chi connectivity index (χ2v) is 25.3. The number of aromatic nitrogens is 4. The molecule has 0 bridgehead atoms. The van der Waals surface area contributed by atoms with E-state index in [1.54, 1.807) is 0 Å². The van der Waals surface area contributed by atoms with Gasteiger partial charge in [0.1, 0.15) is 17.2 Å². The van der Waals surface area contributed by atoms with Gasteiger partial charge in [0.2, 0.25) is 0 Å². The van der Waals surface area contributed by atoms with E-state index in [9.17, 15) is 5.11 Å². The van der Waals surface area contributed by atoms with Gasteiger partial charge >= 0.3 is 0 Å². The van der Waals surface area contributed by atoms with Crippen molar-refractivity contribution in [2.75, 3.05) is 0 Å². The Bertz CT molecular complexity index is 3950. The van der Waals surface area contributed by atoms with Gasteiger partial charge in [-0.3, -0.25) is 9.13 Å². The molecule has 366 valence electrons. The summed E-state index contributed by atoms with van der Waals surface area (Å²) in [6.07, 6.45) is 1.91. The number of phenolic OH excluding ortho intramolecular Hbond substituents is 1. The zero-order valence-corrected chi connectivity index (χ0v) is 45.5. The average molecular weight is 975 g/mol. The van der Waals surface area contributed by atoms with Crippen molar-refractivity contribution in [2.24, 2.45) is 0 Å². The first kappa shape index (κ1) is 48.0. The number of thiophene rings is 1. The second-order valence-electron chi connectivity index (χ2n) is 24.2. The van der Waals surface area contributed by atoms with Gasteiger partial charge in [-0.25, -0.2) is 9.97 Å². The number of hydrogen-bond donors (Lipinski definition) is 1. The van der Waals surface area contributed by atoms with Crippen LogP contribution in [0, 0.1) is 6.92 Å². The lowest BCUT2D eigenvalue weighted by atomic mass is 9.79. The number of benzene rings is 7. The van der Waals surface area contributed by atoms with E-state index in [4.69, 9.17) is 9.97 Å². The quantitative estimate of drug-likeness (QED) is 0.181. The monoisotopic (exact) mass is 974 g/mol. The van der Waals surface area contributed by atoms with Crippen LogP contribution in [0.1, 0.15) is 111 Å². The first-order chi connectivity index (χ1) is 34.6. The van der Waals surface area contributed by atoms with Crippen molar-refractivity contribution >= 4 is 54.4 Å². The van der Waals surface area contributed by atoms with Gasteiger partial charge in [-0.1, -0.05) is 174 Å². The molecule has 0 aliphatic rings. The van der Waals surface area contributed by atoms with Gasteiger partial charge in [0, 0.05) is 48.9 Å². The number of pyridine rings is 1. The van der Waals surface area contributed by atoms with Crippen molar-refractivity contribution in [1.82, 2.24) is 19.1 Å². The molecule has 11 rings (SSSR count). The van der Waals surface area contributed by atoms with Crippen molar-refractivity contribution in [3.05, 3.63) is 186 Å². The Hall–Kier alpha value is -7.28. The molecule has 0 aliphatic heterocycles. The maximum atomic E-state index is 12.7. The average Bonchev–Trinajstić information content (AvgIpc) is 4.01. The third-order valence-electron chi connectivity index (χ3n) is 14.9. The van der Waals surface area contributed by atoms with Crippen molar-refractivity contribution in [1.29, 1.82) is 0 Å².